The molecule has 1 aromatic carbocycles. The van der Waals surface area contributed by atoms with Gasteiger partial charge in [0.1, 0.15) is 11.6 Å². The summed E-state index contributed by atoms with van der Waals surface area (Å²) < 4.78 is 15.6. The summed E-state index contributed by atoms with van der Waals surface area (Å²) in [5, 5.41) is 8.42. The lowest BCUT2D eigenvalue weighted by molar-refractivity contribution is -0.125. The van der Waals surface area contributed by atoms with Crippen LogP contribution in [0.2, 0.25) is 0 Å². The zero-order valence-corrected chi connectivity index (χ0v) is 15.1. The van der Waals surface area contributed by atoms with Crippen LogP contribution in [0.4, 0.5) is 10.3 Å². The molecule has 0 bridgehead atoms. The molecule has 130 valence electrons. The molecule has 2 heterocycles. The van der Waals surface area contributed by atoms with Gasteiger partial charge in [0.05, 0.1) is 12.0 Å². The van der Waals surface area contributed by atoms with Crippen LogP contribution in [0.15, 0.2) is 41.2 Å². The molecule has 0 amide bonds. The van der Waals surface area contributed by atoms with Crippen LogP contribution < -0.4 is 5.32 Å². The van der Waals surface area contributed by atoms with Gasteiger partial charge in [0.2, 0.25) is 11.1 Å². The maximum atomic E-state index is 13.8. The lowest BCUT2D eigenvalue weighted by atomic mass is 9.72. The van der Waals surface area contributed by atoms with Gasteiger partial charge in [0, 0.05) is 12.1 Å². The highest BCUT2D eigenvalue weighted by molar-refractivity contribution is 7.98. The van der Waals surface area contributed by atoms with E-state index in [4.69, 9.17) is 0 Å². The number of aromatic nitrogens is 3. The summed E-state index contributed by atoms with van der Waals surface area (Å²) in [5.74, 6) is -0.00152. The number of benzene rings is 1. The van der Waals surface area contributed by atoms with Gasteiger partial charge in [-0.15, -0.1) is 5.10 Å². The number of carbonyl (C=O) groups is 1. The van der Waals surface area contributed by atoms with E-state index >= 15 is 0 Å². The van der Waals surface area contributed by atoms with Gasteiger partial charge in [-0.05, 0) is 29.4 Å². The summed E-state index contributed by atoms with van der Waals surface area (Å²) in [5.41, 5.74) is 1.35. The largest absolute Gasteiger partial charge is 0.328 e. The highest BCUT2D eigenvalue weighted by Gasteiger charge is 2.45. The van der Waals surface area contributed by atoms with Crippen LogP contribution >= 0.6 is 11.8 Å². The molecular weight excluding hydrogens is 339 g/mol. The number of Topliss-reactive ketones (excluding diaryl/α,β-unsaturated/α-hetero) is 1. The Morgan fingerprint density at radius 2 is 2.20 bits per heavy atom. The fraction of sp³-hybridized carbons (Fsp3) is 0.389. The zero-order valence-electron chi connectivity index (χ0n) is 14.3. The van der Waals surface area contributed by atoms with Crippen molar-refractivity contribution in [2.45, 2.75) is 31.5 Å². The first-order valence-corrected chi connectivity index (χ1v) is 9.39. The van der Waals surface area contributed by atoms with Gasteiger partial charge in [-0.25, -0.2) is 9.07 Å². The maximum Gasteiger partial charge on any atom is 0.227 e. The molecule has 1 N–H and O–H groups in total. The Kier molecular flexibility index (Phi) is 3.72. The van der Waals surface area contributed by atoms with E-state index < -0.39 is 12.0 Å². The lowest BCUT2D eigenvalue weighted by Crippen LogP contribution is -2.42. The van der Waals surface area contributed by atoms with E-state index in [0.29, 0.717) is 17.5 Å². The first kappa shape index (κ1) is 16.3. The third kappa shape index (κ3) is 2.76. The predicted molar refractivity (Wildman–Crippen MR) is 94.9 cm³/mol. The van der Waals surface area contributed by atoms with Crippen molar-refractivity contribution in [2.75, 3.05) is 11.6 Å². The molecule has 4 rings (SSSR count). The van der Waals surface area contributed by atoms with Crippen LogP contribution in [0.25, 0.3) is 0 Å². The number of rotatable bonds is 2. The van der Waals surface area contributed by atoms with Crippen molar-refractivity contribution >= 4 is 23.5 Å². The Labute approximate surface area is 149 Å². The van der Waals surface area contributed by atoms with E-state index in [9.17, 15) is 9.18 Å². The Hall–Kier alpha value is -2.15. The molecule has 0 unspecified atom stereocenters. The molecule has 1 aromatic heterocycles. The minimum Gasteiger partial charge on any atom is -0.328 e. The fourth-order valence-corrected chi connectivity index (χ4v) is 4.07. The van der Waals surface area contributed by atoms with E-state index in [-0.39, 0.29) is 17.0 Å². The standard InChI is InChI=1S/C18H19FN4OS/c1-18(2)8-12-14(13(24)9-18)15(10-5-4-6-11(19)7-10)23-16(20-12)21-17(22-23)25-3/h4-8,14-15H,9H2,1-3H3,(H,20,21,22)/t14-,15-/m1/s1. The Bertz CT molecular complexity index is 889. The van der Waals surface area contributed by atoms with Crippen molar-refractivity contribution < 1.29 is 9.18 Å². The first-order chi connectivity index (χ1) is 11.9. The number of allylic oxidation sites excluding steroid dienone is 2. The second-order valence-corrected chi connectivity index (χ2v) is 7.97. The van der Waals surface area contributed by atoms with Crippen molar-refractivity contribution in [3.05, 3.63) is 47.4 Å². The summed E-state index contributed by atoms with van der Waals surface area (Å²) in [6, 6.07) is 6.00. The summed E-state index contributed by atoms with van der Waals surface area (Å²) in [6.07, 6.45) is 4.45. The summed E-state index contributed by atoms with van der Waals surface area (Å²) in [4.78, 5) is 17.4. The number of carbonyl (C=O) groups excluding carboxylic acids is 1. The van der Waals surface area contributed by atoms with E-state index in [2.05, 4.69) is 21.5 Å². The average Bonchev–Trinajstić information content (AvgIpc) is 2.94. The van der Waals surface area contributed by atoms with E-state index in [1.54, 1.807) is 10.7 Å². The first-order valence-electron chi connectivity index (χ1n) is 8.16. The molecular formula is C18H19FN4OS. The summed E-state index contributed by atoms with van der Waals surface area (Å²) >= 11 is 1.44. The van der Waals surface area contributed by atoms with Crippen LogP contribution in [0, 0.1) is 17.2 Å². The Balaban J connectivity index is 1.92. The topological polar surface area (TPSA) is 59.8 Å². The van der Waals surface area contributed by atoms with Crippen LogP contribution in [0.3, 0.4) is 0 Å². The molecule has 0 radical (unpaired) electrons. The van der Waals surface area contributed by atoms with Crippen molar-refractivity contribution in [2.24, 2.45) is 11.3 Å². The molecule has 1 aliphatic heterocycles. The summed E-state index contributed by atoms with van der Waals surface area (Å²) in [6.45, 7) is 4.08. The maximum absolute atomic E-state index is 13.8. The quantitative estimate of drug-likeness (QED) is 0.831. The third-order valence-electron chi connectivity index (χ3n) is 4.68. The monoisotopic (exact) mass is 358 g/mol. The number of thioether (sulfide) groups is 1. The molecule has 2 aromatic rings. The van der Waals surface area contributed by atoms with Crippen molar-refractivity contribution in [3.63, 3.8) is 0 Å². The highest BCUT2D eigenvalue weighted by atomic mass is 32.2. The molecule has 0 fully saturated rings. The molecule has 2 aliphatic rings. The molecule has 25 heavy (non-hydrogen) atoms. The number of anilines is 1. The predicted octanol–water partition coefficient (Wildman–Crippen LogP) is 3.65. The second-order valence-electron chi connectivity index (χ2n) is 7.20. The molecule has 0 saturated carbocycles. The number of hydrogen-bond acceptors (Lipinski definition) is 5. The Morgan fingerprint density at radius 1 is 1.40 bits per heavy atom. The summed E-state index contributed by atoms with van der Waals surface area (Å²) in [7, 11) is 0. The number of fused-ring (bicyclic) bond motifs is 2. The van der Waals surface area contributed by atoms with Crippen molar-refractivity contribution in [1.82, 2.24) is 14.8 Å². The molecule has 0 spiro atoms. The van der Waals surface area contributed by atoms with Crippen LogP contribution in [0.5, 0.6) is 0 Å². The van der Waals surface area contributed by atoms with Crippen molar-refractivity contribution in [1.29, 1.82) is 0 Å². The molecule has 2 atom stereocenters. The third-order valence-corrected chi connectivity index (χ3v) is 5.22. The number of halogens is 1. The minimum absolute atomic E-state index is 0.135. The minimum atomic E-state index is -0.404. The Morgan fingerprint density at radius 3 is 2.92 bits per heavy atom. The normalized spacial score (nSPS) is 24.2. The van der Waals surface area contributed by atoms with Gasteiger partial charge in [-0.3, -0.25) is 4.79 Å². The lowest BCUT2D eigenvalue weighted by Gasteiger charge is -2.40. The SMILES string of the molecule is CSc1nc2n(n1)[C@H](c1cccc(F)c1)[C@H]1C(=O)CC(C)(C)C=C1N2. The number of nitrogens with zero attached hydrogens (tertiary/aromatic N) is 3. The van der Waals surface area contributed by atoms with Crippen LogP contribution in [-0.2, 0) is 4.79 Å². The van der Waals surface area contributed by atoms with E-state index in [1.807, 2.05) is 26.2 Å². The number of hydrogen-bond donors (Lipinski definition) is 1. The second kappa shape index (κ2) is 5.69. The van der Waals surface area contributed by atoms with Gasteiger partial charge in [-0.1, -0.05) is 43.8 Å². The van der Waals surface area contributed by atoms with Gasteiger partial charge in [0.25, 0.3) is 0 Å². The molecule has 7 heteroatoms. The van der Waals surface area contributed by atoms with E-state index in [1.165, 1.54) is 23.9 Å². The highest BCUT2D eigenvalue weighted by Crippen LogP contribution is 2.45. The smallest absolute Gasteiger partial charge is 0.227 e. The fourth-order valence-electron chi connectivity index (χ4n) is 3.72. The zero-order chi connectivity index (χ0) is 17.8. The van der Waals surface area contributed by atoms with Gasteiger partial charge in [-0.2, -0.15) is 4.98 Å². The molecule has 1 aliphatic carbocycles. The van der Waals surface area contributed by atoms with Crippen LogP contribution in [0.1, 0.15) is 31.9 Å². The molecule has 0 saturated heterocycles. The molecule has 5 nitrogen and oxygen atoms in total. The number of nitrogens with one attached hydrogen (secondary N) is 1. The van der Waals surface area contributed by atoms with Crippen molar-refractivity contribution in [3.8, 4) is 0 Å². The number of ketones is 1. The van der Waals surface area contributed by atoms with E-state index in [0.717, 1.165) is 11.3 Å². The average molecular weight is 358 g/mol. The van der Waals surface area contributed by atoms with Gasteiger partial charge >= 0.3 is 0 Å². The van der Waals surface area contributed by atoms with Gasteiger partial charge in [0.15, 0.2) is 0 Å². The van der Waals surface area contributed by atoms with Gasteiger partial charge < -0.3 is 5.32 Å². The van der Waals surface area contributed by atoms with Crippen LogP contribution in [-0.4, -0.2) is 26.8 Å².